The summed E-state index contributed by atoms with van der Waals surface area (Å²) in [7, 11) is 0. The molecule has 0 saturated heterocycles. The molecule has 0 N–H and O–H groups in total. The smallest absolute Gasteiger partial charge is 0.108 e. The minimum atomic E-state index is 0.289. The van der Waals surface area contributed by atoms with E-state index in [1.807, 2.05) is 6.07 Å². The fourth-order valence-corrected chi connectivity index (χ4v) is 2.80. The molecule has 2 aromatic rings. The molecule has 1 heterocycles. The van der Waals surface area contributed by atoms with E-state index in [1.54, 1.807) is 17.4 Å². The highest BCUT2D eigenvalue weighted by molar-refractivity contribution is 7.16. The second kappa shape index (κ2) is 5.05. The van der Waals surface area contributed by atoms with E-state index in [2.05, 4.69) is 37.3 Å². The summed E-state index contributed by atoms with van der Waals surface area (Å²) in [6.07, 6.45) is 1.76. The van der Waals surface area contributed by atoms with Crippen molar-refractivity contribution >= 4 is 40.6 Å². The molecule has 2 rings (SSSR count). The zero-order valence-electron chi connectivity index (χ0n) is 8.71. The monoisotopic (exact) mass is 268 g/mol. The Labute approximate surface area is 109 Å². The molecular weight excluding hydrogens is 259 g/mol. The Balaban J connectivity index is 2.35. The topological polar surface area (TPSA) is 0 Å². The van der Waals surface area contributed by atoms with Gasteiger partial charge in [0, 0.05) is 9.75 Å². The summed E-state index contributed by atoms with van der Waals surface area (Å²) < 4.78 is 0.289. The van der Waals surface area contributed by atoms with Crippen molar-refractivity contribution < 1.29 is 0 Å². The Kier molecular flexibility index (Phi) is 3.70. The van der Waals surface area contributed by atoms with Gasteiger partial charge in [-0.2, -0.15) is 0 Å². The molecule has 0 radical (unpaired) electrons. The zero-order chi connectivity index (χ0) is 11.5. The van der Waals surface area contributed by atoms with Crippen LogP contribution in [0.1, 0.15) is 10.4 Å². The Morgan fingerprint density at radius 2 is 2.00 bits per heavy atom. The lowest BCUT2D eigenvalue weighted by Gasteiger charge is -1.98. The highest BCUT2D eigenvalue weighted by Gasteiger charge is 2.01. The molecule has 0 fully saturated rings. The van der Waals surface area contributed by atoms with Gasteiger partial charge in [-0.1, -0.05) is 53.0 Å². The molecule has 0 nitrogen and oxygen atoms in total. The van der Waals surface area contributed by atoms with Gasteiger partial charge in [-0.25, -0.2) is 0 Å². The lowest BCUT2D eigenvalue weighted by atomic mass is 10.1. The SMILES string of the molecule is Cc1cccc(-c2ccc(C=C(Cl)Cl)s2)c1. The first-order chi connectivity index (χ1) is 7.65. The maximum atomic E-state index is 5.63. The summed E-state index contributed by atoms with van der Waals surface area (Å²) in [5.74, 6) is 0. The number of halogens is 2. The molecule has 0 bridgehead atoms. The maximum Gasteiger partial charge on any atom is 0.108 e. The van der Waals surface area contributed by atoms with E-state index in [0.717, 1.165) is 4.88 Å². The van der Waals surface area contributed by atoms with Crippen molar-refractivity contribution in [2.75, 3.05) is 0 Å². The van der Waals surface area contributed by atoms with Crippen LogP contribution in [0.2, 0.25) is 0 Å². The highest BCUT2D eigenvalue weighted by Crippen LogP contribution is 2.30. The van der Waals surface area contributed by atoms with Crippen LogP contribution in [-0.2, 0) is 0 Å². The second-order valence-electron chi connectivity index (χ2n) is 3.51. The van der Waals surface area contributed by atoms with Crippen molar-refractivity contribution in [1.29, 1.82) is 0 Å². The summed E-state index contributed by atoms with van der Waals surface area (Å²) in [4.78, 5) is 2.29. The minimum Gasteiger partial charge on any atom is -0.136 e. The van der Waals surface area contributed by atoms with Crippen molar-refractivity contribution in [2.45, 2.75) is 6.92 Å². The lowest BCUT2D eigenvalue weighted by Crippen LogP contribution is -1.73. The van der Waals surface area contributed by atoms with Gasteiger partial charge in [0.2, 0.25) is 0 Å². The Hall–Kier alpha value is -0.760. The van der Waals surface area contributed by atoms with Crippen LogP contribution in [0.3, 0.4) is 0 Å². The van der Waals surface area contributed by atoms with E-state index in [4.69, 9.17) is 23.2 Å². The molecule has 0 atom stereocenters. The van der Waals surface area contributed by atoms with Gasteiger partial charge in [0.05, 0.1) is 0 Å². The molecule has 1 aromatic heterocycles. The molecule has 16 heavy (non-hydrogen) atoms. The van der Waals surface area contributed by atoms with E-state index in [-0.39, 0.29) is 4.49 Å². The molecule has 0 aliphatic carbocycles. The van der Waals surface area contributed by atoms with Crippen LogP contribution < -0.4 is 0 Å². The minimum absolute atomic E-state index is 0.289. The normalized spacial score (nSPS) is 10.2. The van der Waals surface area contributed by atoms with Gasteiger partial charge in [-0.15, -0.1) is 11.3 Å². The molecule has 0 aliphatic heterocycles. The highest BCUT2D eigenvalue weighted by atomic mass is 35.5. The number of aryl methyl sites for hydroxylation is 1. The molecule has 82 valence electrons. The van der Waals surface area contributed by atoms with Crippen LogP contribution in [0.15, 0.2) is 40.9 Å². The van der Waals surface area contributed by atoms with Gasteiger partial charge < -0.3 is 0 Å². The molecule has 1 aromatic carbocycles. The molecule has 0 amide bonds. The van der Waals surface area contributed by atoms with Gasteiger partial charge in [-0.3, -0.25) is 0 Å². The zero-order valence-corrected chi connectivity index (χ0v) is 11.0. The fourth-order valence-electron chi connectivity index (χ4n) is 1.49. The summed E-state index contributed by atoms with van der Waals surface area (Å²) >= 11 is 12.9. The number of rotatable bonds is 2. The van der Waals surface area contributed by atoms with Crippen LogP contribution in [0.4, 0.5) is 0 Å². The molecule has 0 aliphatic rings. The molecule has 0 unspecified atom stereocenters. The van der Waals surface area contributed by atoms with Crippen molar-refractivity contribution in [2.24, 2.45) is 0 Å². The van der Waals surface area contributed by atoms with Gasteiger partial charge in [0.15, 0.2) is 0 Å². The van der Waals surface area contributed by atoms with Crippen LogP contribution in [0.25, 0.3) is 16.5 Å². The average molecular weight is 269 g/mol. The van der Waals surface area contributed by atoms with Crippen LogP contribution in [0.5, 0.6) is 0 Å². The third-order valence-corrected chi connectivity index (χ3v) is 3.48. The largest absolute Gasteiger partial charge is 0.136 e. The molecule has 0 saturated carbocycles. The molecule has 0 spiro atoms. The van der Waals surface area contributed by atoms with Gasteiger partial charge >= 0.3 is 0 Å². The standard InChI is InChI=1S/C13H10Cl2S/c1-9-3-2-4-10(7-9)12-6-5-11(16-12)8-13(14)15/h2-8H,1H3. The Morgan fingerprint density at radius 1 is 1.19 bits per heavy atom. The van der Waals surface area contributed by atoms with Crippen molar-refractivity contribution in [3.05, 3.63) is 51.3 Å². The maximum absolute atomic E-state index is 5.63. The number of thiophene rings is 1. The van der Waals surface area contributed by atoms with E-state index >= 15 is 0 Å². The van der Waals surface area contributed by atoms with E-state index in [0.29, 0.717) is 0 Å². The third-order valence-electron chi connectivity index (χ3n) is 2.18. The van der Waals surface area contributed by atoms with E-state index < -0.39 is 0 Å². The lowest BCUT2D eigenvalue weighted by molar-refractivity contribution is 1.48. The van der Waals surface area contributed by atoms with Crippen LogP contribution in [0, 0.1) is 6.92 Å². The quantitative estimate of drug-likeness (QED) is 0.675. The van der Waals surface area contributed by atoms with Crippen molar-refractivity contribution in [3.63, 3.8) is 0 Å². The predicted octanol–water partition coefficient (Wildman–Crippen LogP) is 5.50. The first-order valence-corrected chi connectivity index (χ1v) is 6.42. The van der Waals surface area contributed by atoms with Gasteiger partial charge in [0.25, 0.3) is 0 Å². The first kappa shape index (κ1) is 11.7. The summed E-state index contributed by atoms with van der Waals surface area (Å²) in [6.45, 7) is 2.09. The summed E-state index contributed by atoms with van der Waals surface area (Å²) in [6, 6.07) is 12.5. The summed E-state index contributed by atoms with van der Waals surface area (Å²) in [5, 5.41) is 0. The van der Waals surface area contributed by atoms with Crippen molar-refractivity contribution in [3.8, 4) is 10.4 Å². The number of hydrogen-bond donors (Lipinski definition) is 0. The van der Waals surface area contributed by atoms with E-state index in [9.17, 15) is 0 Å². The summed E-state index contributed by atoms with van der Waals surface area (Å²) in [5.41, 5.74) is 2.49. The number of hydrogen-bond acceptors (Lipinski definition) is 1. The molecule has 3 heteroatoms. The third kappa shape index (κ3) is 2.88. The van der Waals surface area contributed by atoms with Crippen LogP contribution in [-0.4, -0.2) is 0 Å². The fraction of sp³-hybridized carbons (Fsp3) is 0.0769. The Bertz CT molecular complexity index is 522. The Morgan fingerprint density at radius 3 is 2.69 bits per heavy atom. The first-order valence-electron chi connectivity index (χ1n) is 4.85. The average Bonchev–Trinajstić information content (AvgIpc) is 2.65. The van der Waals surface area contributed by atoms with E-state index in [1.165, 1.54) is 16.0 Å². The van der Waals surface area contributed by atoms with Crippen LogP contribution >= 0.6 is 34.5 Å². The van der Waals surface area contributed by atoms with Gasteiger partial charge in [-0.05, 0) is 30.7 Å². The van der Waals surface area contributed by atoms with Gasteiger partial charge in [0.1, 0.15) is 4.49 Å². The van der Waals surface area contributed by atoms with Crippen molar-refractivity contribution in [1.82, 2.24) is 0 Å². The second-order valence-corrected chi connectivity index (χ2v) is 5.63. The number of benzene rings is 1. The molecular formula is C13H10Cl2S. The predicted molar refractivity (Wildman–Crippen MR) is 74.2 cm³/mol.